The van der Waals surface area contributed by atoms with Crippen molar-refractivity contribution in [3.05, 3.63) is 53.1 Å². The third kappa shape index (κ3) is 4.41. The van der Waals surface area contributed by atoms with Crippen LogP contribution in [0.15, 0.2) is 30.3 Å². The second-order valence-electron chi connectivity index (χ2n) is 5.79. The number of rotatable bonds is 6. The van der Waals surface area contributed by atoms with Crippen LogP contribution in [0.2, 0.25) is 0 Å². The summed E-state index contributed by atoms with van der Waals surface area (Å²) in [5, 5.41) is 7.27. The van der Waals surface area contributed by atoms with E-state index in [-0.39, 0.29) is 24.1 Å². The molecule has 0 aliphatic heterocycles. The molecule has 4 nitrogen and oxygen atoms in total. The van der Waals surface area contributed by atoms with Crippen LogP contribution in [0.4, 0.5) is 4.39 Å². The van der Waals surface area contributed by atoms with Crippen LogP contribution in [0.1, 0.15) is 23.9 Å². The zero-order valence-corrected chi connectivity index (χ0v) is 13.3. The van der Waals surface area contributed by atoms with E-state index in [2.05, 4.69) is 17.3 Å². The van der Waals surface area contributed by atoms with E-state index in [1.165, 1.54) is 6.07 Å². The molecule has 118 valence electrons. The molecule has 0 radical (unpaired) electrons. The lowest BCUT2D eigenvalue weighted by atomic mass is 10.1. The van der Waals surface area contributed by atoms with Crippen LogP contribution >= 0.6 is 0 Å². The minimum absolute atomic E-state index is 0.0687. The van der Waals surface area contributed by atoms with E-state index in [1.54, 1.807) is 18.2 Å². The Kier molecular flexibility index (Phi) is 5.31. The SMILES string of the molecule is Cc1cc(C)n(C[C@H](C)CNC(=O)Cc2ccccc2F)n1. The highest BCUT2D eigenvalue weighted by atomic mass is 19.1. The number of carbonyl (C=O) groups excluding carboxylic acids is 1. The minimum Gasteiger partial charge on any atom is -0.355 e. The van der Waals surface area contributed by atoms with Gasteiger partial charge in [-0.15, -0.1) is 0 Å². The molecule has 2 aromatic rings. The molecular formula is C17H22FN3O. The van der Waals surface area contributed by atoms with Crippen molar-refractivity contribution in [1.82, 2.24) is 15.1 Å². The monoisotopic (exact) mass is 303 g/mol. The van der Waals surface area contributed by atoms with Crippen molar-refractivity contribution < 1.29 is 9.18 Å². The van der Waals surface area contributed by atoms with Crippen LogP contribution in [0.25, 0.3) is 0 Å². The quantitative estimate of drug-likeness (QED) is 0.892. The lowest BCUT2D eigenvalue weighted by molar-refractivity contribution is -0.120. The molecule has 0 saturated heterocycles. The van der Waals surface area contributed by atoms with Crippen molar-refractivity contribution in [3.63, 3.8) is 0 Å². The van der Waals surface area contributed by atoms with Crippen LogP contribution < -0.4 is 5.32 Å². The van der Waals surface area contributed by atoms with Crippen LogP contribution in [-0.2, 0) is 17.8 Å². The molecule has 1 heterocycles. The molecule has 0 bridgehead atoms. The van der Waals surface area contributed by atoms with E-state index in [4.69, 9.17) is 0 Å². The molecule has 0 aliphatic rings. The largest absolute Gasteiger partial charge is 0.355 e. The molecule has 0 spiro atoms. The average molecular weight is 303 g/mol. The Morgan fingerprint density at radius 2 is 2.09 bits per heavy atom. The highest BCUT2D eigenvalue weighted by Gasteiger charge is 2.11. The van der Waals surface area contributed by atoms with Crippen LogP contribution in [0, 0.1) is 25.6 Å². The van der Waals surface area contributed by atoms with Gasteiger partial charge in [-0.25, -0.2) is 4.39 Å². The smallest absolute Gasteiger partial charge is 0.224 e. The van der Waals surface area contributed by atoms with E-state index in [0.29, 0.717) is 12.1 Å². The van der Waals surface area contributed by atoms with Gasteiger partial charge in [-0.2, -0.15) is 5.10 Å². The number of hydrogen-bond acceptors (Lipinski definition) is 2. The fraction of sp³-hybridized carbons (Fsp3) is 0.412. The molecule has 1 aromatic heterocycles. The summed E-state index contributed by atoms with van der Waals surface area (Å²) in [7, 11) is 0. The van der Waals surface area contributed by atoms with E-state index < -0.39 is 0 Å². The Bertz CT molecular complexity index is 651. The van der Waals surface area contributed by atoms with E-state index >= 15 is 0 Å². The number of nitrogens with one attached hydrogen (secondary N) is 1. The van der Waals surface area contributed by atoms with E-state index in [1.807, 2.05) is 24.6 Å². The Hall–Kier alpha value is -2.17. The van der Waals surface area contributed by atoms with Gasteiger partial charge >= 0.3 is 0 Å². The number of halogens is 1. The maximum Gasteiger partial charge on any atom is 0.224 e. The average Bonchev–Trinajstić information content (AvgIpc) is 2.77. The lowest BCUT2D eigenvalue weighted by Gasteiger charge is -2.14. The highest BCUT2D eigenvalue weighted by molar-refractivity contribution is 5.78. The molecule has 22 heavy (non-hydrogen) atoms. The molecule has 2 rings (SSSR count). The summed E-state index contributed by atoms with van der Waals surface area (Å²) in [5.74, 6) is -0.249. The Morgan fingerprint density at radius 3 is 2.73 bits per heavy atom. The van der Waals surface area contributed by atoms with E-state index in [9.17, 15) is 9.18 Å². The molecule has 0 saturated carbocycles. The molecule has 0 unspecified atom stereocenters. The van der Waals surface area contributed by atoms with Crippen molar-refractivity contribution in [2.24, 2.45) is 5.92 Å². The van der Waals surface area contributed by atoms with Crippen LogP contribution in [0.5, 0.6) is 0 Å². The Morgan fingerprint density at radius 1 is 1.36 bits per heavy atom. The molecule has 5 heteroatoms. The fourth-order valence-corrected chi connectivity index (χ4v) is 2.38. The van der Waals surface area contributed by atoms with Gasteiger partial charge in [0.25, 0.3) is 0 Å². The van der Waals surface area contributed by atoms with Gasteiger partial charge in [0.2, 0.25) is 5.91 Å². The Labute approximate surface area is 130 Å². The second-order valence-corrected chi connectivity index (χ2v) is 5.79. The molecule has 1 aromatic carbocycles. The number of hydrogen-bond donors (Lipinski definition) is 1. The maximum atomic E-state index is 13.5. The minimum atomic E-state index is -0.340. The maximum absolute atomic E-state index is 13.5. The van der Waals surface area contributed by atoms with Crippen molar-refractivity contribution in [2.75, 3.05) is 6.54 Å². The van der Waals surface area contributed by atoms with Crippen molar-refractivity contribution in [3.8, 4) is 0 Å². The van der Waals surface area contributed by atoms with Gasteiger partial charge in [0, 0.05) is 18.8 Å². The summed E-state index contributed by atoms with van der Waals surface area (Å²) in [6.07, 6.45) is 0.0687. The third-order valence-corrected chi connectivity index (χ3v) is 3.54. The lowest BCUT2D eigenvalue weighted by Crippen LogP contribution is -2.31. The standard InChI is InChI=1S/C17H22FN3O/c1-12(11-21-14(3)8-13(2)20-21)10-19-17(22)9-15-6-4-5-7-16(15)18/h4-8,12H,9-11H2,1-3H3,(H,19,22)/t12-/m1/s1. The summed E-state index contributed by atoms with van der Waals surface area (Å²) < 4.78 is 15.4. The van der Waals surface area contributed by atoms with Gasteiger partial charge in [-0.05, 0) is 37.5 Å². The fourth-order valence-electron chi connectivity index (χ4n) is 2.38. The Balaban J connectivity index is 1.81. The number of carbonyl (C=O) groups is 1. The summed E-state index contributed by atoms with van der Waals surface area (Å²) in [6, 6.07) is 8.39. The number of benzene rings is 1. The van der Waals surface area contributed by atoms with Gasteiger partial charge in [0.05, 0.1) is 12.1 Å². The number of aryl methyl sites for hydroxylation is 2. The summed E-state index contributed by atoms with van der Waals surface area (Å²) in [6.45, 7) is 7.33. The van der Waals surface area contributed by atoms with Gasteiger partial charge in [0.15, 0.2) is 0 Å². The second kappa shape index (κ2) is 7.20. The summed E-state index contributed by atoms with van der Waals surface area (Å²) in [5.41, 5.74) is 2.53. The predicted octanol–water partition coefficient (Wildman–Crippen LogP) is 2.63. The molecule has 1 N–H and O–H groups in total. The molecule has 0 aliphatic carbocycles. The number of aromatic nitrogens is 2. The van der Waals surface area contributed by atoms with Gasteiger partial charge in [-0.3, -0.25) is 9.48 Å². The van der Waals surface area contributed by atoms with Gasteiger partial charge in [0.1, 0.15) is 5.82 Å². The summed E-state index contributed by atoms with van der Waals surface area (Å²) in [4.78, 5) is 11.9. The molecule has 0 fully saturated rings. The zero-order valence-electron chi connectivity index (χ0n) is 13.3. The van der Waals surface area contributed by atoms with Gasteiger partial charge in [-0.1, -0.05) is 25.1 Å². The zero-order chi connectivity index (χ0) is 16.1. The van der Waals surface area contributed by atoms with Crippen LogP contribution in [-0.4, -0.2) is 22.2 Å². The first-order valence-corrected chi connectivity index (χ1v) is 7.47. The van der Waals surface area contributed by atoms with Crippen LogP contribution in [0.3, 0.4) is 0 Å². The molecule has 1 atom stereocenters. The first-order valence-electron chi connectivity index (χ1n) is 7.47. The summed E-state index contributed by atoms with van der Waals surface area (Å²) >= 11 is 0. The normalized spacial score (nSPS) is 12.2. The molecule has 1 amide bonds. The van der Waals surface area contributed by atoms with Crippen molar-refractivity contribution in [2.45, 2.75) is 33.7 Å². The van der Waals surface area contributed by atoms with Crippen molar-refractivity contribution >= 4 is 5.91 Å². The topological polar surface area (TPSA) is 46.9 Å². The predicted molar refractivity (Wildman–Crippen MR) is 84.0 cm³/mol. The molecular weight excluding hydrogens is 281 g/mol. The number of nitrogens with zero attached hydrogens (tertiary/aromatic N) is 2. The van der Waals surface area contributed by atoms with E-state index in [0.717, 1.165) is 17.9 Å². The first kappa shape index (κ1) is 16.2. The first-order chi connectivity index (χ1) is 10.5. The number of amides is 1. The van der Waals surface area contributed by atoms with Crippen molar-refractivity contribution in [1.29, 1.82) is 0 Å². The highest BCUT2D eigenvalue weighted by Crippen LogP contribution is 2.08. The van der Waals surface area contributed by atoms with Gasteiger partial charge < -0.3 is 5.32 Å². The third-order valence-electron chi connectivity index (χ3n) is 3.54.